The summed E-state index contributed by atoms with van der Waals surface area (Å²) in [7, 11) is -0.706. The number of hydrogen-bond donors (Lipinski definition) is 4. The molecule has 0 aromatic heterocycles. The summed E-state index contributed by atoms with van der Waals surface area (Å²) in [4.78, 5) is 0. The zero-order valence-electron chi connectivity index (χ0n) is 8.70. The lowest BCUT2D eigenvalue weighted by atomic mass is 9.99. The fourth-order valence-corrected chi connectivity index (χ4v) is 2.40. The highest BCUT2D eigenvalue weighted by molar-refractivity contribution is 8.12. The first-order valence-electron chi connectivity index (χ1n) is 4.93. The maximum atomic E-state index is 9.69. The lowest BCUT2D eigenvalue weighted by Crippen LogP contribution is -2.58. The molecule has 4 N–H and O–H groups in total. The van der Waals surface area contributed by atoms with Gasteiger partial charge in [-0.25, -0.2) is 4.36 Å². The van der Waals surface area contributed by atoms with E-state index in [1.807, 2.05) is 0 Å². The van der Waals surface area contributed by atoms with Gasteiger partial charge in [0.05, 0.1) is 17.7 Å². The van der Waals surface area contributed by atoms with Crippen LogP contribution in [0.1, 0.15) is 0 Å². The van der Waals surface area contributed by atoms with Crippen molar-refractivity contribution >= 4 is 21.8 Å². The molecule has 9 heteroatoms. The van der Waals surface area contributed by atoms with E-state index in [0.717, 1.165) is 0 Å². The number of aliphatic hydroxyl groups excluding tert-OH is 4. The molecular weight excluding hydrogens is 250 g/mol. The maximum absolute atomic E-state index is 9.69. The summed E-state index contributed by atoms with van der Waals surface area (Å²) in [6, 6.07) is 0. The van der Waals surface area contributed by atoms with E-state index < -0.39 is 47.9 Å². The summed E-state index contributed by atoms with van der Waals surface area (Å²) < 4.78 is 9.27. The van der Waals surface area contributed by atoms with E-state index in [1.165, 1.54) is 11.1 Å². The van der Waals surface area contributed by atoms with Crippen molar-refractivity contribution in [2.24, 2.45) is 14.6 Å². The van der Waals surface area contributed by atoms with E-state index in [-0.39, 0.29) is 0 Å². The van der Waals surface area contributed by atoms with Crippen molar-refractivity contribution in [3.8, 4) is 0 Å². The first-order chi connectivity index (χ1) is 8.13. The summed E-state index contributed by atoms with van der Waals surface area (Å²) >= 11 is 0. The predicted octanol–water partition coefficient (Wildman–Crippen LogP) is -2.43. The lowest BCUT2D eigenvalue weighted by Gasteiger charge is -2.38. The second-order valence-electron chi connectivity index (χ2n) is 3.61. The fraction of sp³-hybridized carbons (Fsp3) is 0.750. The van der Waals surface area contributed by atoms with Crippen molar-refractivity contribution in [1.82, 2.24) is 0 Å². The van der Waals surface area contributed by atoms with Crippen LogP contribution in [0.5, 0.6) is 0 Å². The molecule has 2 aliphatic rings. The van der Waals surface area contributed by atoms with E-state index in [2.05, 4.69) is 14.6 Å². The van der Waals surface area contributed by atoms with Crippen molar-refractivity contribution in [3.05, 3.63) is 0 Å². The molecule has 0 aromatic rings. The van der Waals surface area contributed by atoms with Crippen molar-refractivity contribution in [1.29, 1.82) is 0 Å². The van der Waals surface area contributed by atoms with E-state index in [1.54, 1.807) is 0 Å². The van der Waals surface area contributed by atoms with Crippen LogP contribution in [0.2, 0.25) is 0 Å². The topological polar surface area (TPSA) is 127 Å². The Labute approximate surface area is 99.4 Å². The monoisotopic (exact) mass is 263 g/mol. The molecular formula is C8H13N3O5S. The van der Waals surface area contributed by atoms with Gasteiger partial charge < -0.3 is 25.2 Å². The van der Waals surface area contributed by atoms with Gasteiger partial charge in [-0.15, -0.1) is 0 Å². The summed E-state index contributed by atoms with van der Waals surface area (Å²) in [5.41, 5.74) is 2.95. The van der Waals surface area contributed by atoms with Gasteiger partial charge in [-0.2, -0.15) is 10.2 Å². The molecule has 0 amide bonds. The van der Waals surface area contributed by atoms with Crippen LogP contribution in [-0.2, 0) is 15.4 Å². The Morgan fingerprint density at radius 1 is 1.12 bits per heavy atom. The van der Waals surface area contributed by atoms with E-state index >= 15 is 0 Å². The number of ether oxygens (including phenoxy) is 1. The summed E-state index contributed by atoms with van der Waals surface area (Å²) in [6.45, 7) is -0.465. The first kappa shape index (κ1) is 12.7. The Morgan fingerprint density at radius 2 is 1.76 bits per heavy atom. The van der Waals surface area contributed by atoms with E-state index in [4.69, 9.17) is 9.84 Å². The molecule has 0 aliphatic carbocycles. The molecule has 1 fully saturated rings. The molecule has 0 bridgehead atoms. The van der Waals surface area contributed by atoms with E-state index in [9.17, 15) is 15.3 Å². The normalized spacial score (nSPS) is 42.0. The van der Waals surface area contributed by atoms with Gasteiger partial charge in [0, 0.05) is 0 Å². The van der Waals surface area contributed by atoms with Gasteiger partial charge in [0.25, 0.3) is 0 Å². The van der Waals surface area contributed by atoms with Crippen molar-refractivity contribution < 1.29 is 25.2 Å². The van der Waals surface area contributed by atoms with Gasteiger partial charge in [0.15, 0.2) is 6.23 Å². The number of rotatable bonds is 2. The molecule has 5 atom stereocenters. The maximum Gasteiger partial charge on any atom is 0.184 e. The number of hydrogen-bond acceptors (Lipinski definition) is 8. The van der Waals surface area contributed by atoms with Crippen LogP contribution < -0.4 is 0 Å². The Kier molecular flexibility index (Phi) is 3.97. The predicted molar refractivity (Wildman–Crippen MR) is 60.5 cm³/mol. The van der Waals surface area contributed by atoms with Gasteiger partial charge >= 0.3 is 0 Å². The van der Waals surface area contributed by atoms with Gasteiger partial charge in [-0.3, -0.25) is 0 Å². The zero-order chi connectivity index (χ0) is 12.4. The molecule has 1 saturated heterocycles. The highest BCUT2D eigenvalue weighted by Crippen LogP contribution is 2.22. The second-order valence-corrected chi connectivity index (χ2v) is 4.94. The summed E-state index contributed by atoms with van der Waals surface area (Å²) in [5, 5.41) is 44.9. The van der Waals surface area contributed by atoms with Crippen molar-refractivity contribution in [2.75, 3.05) is 6.61 Å². The van der Waals surface area contributed by atoms with Gasteiger partial charge in [0.1, 0.15) is 24.4 Å². The molecule has 8 nitrogen and oxygen atoms in total. The van der Waals surface area contributed by atoms with Crippen molar-refractivity contribution in [2.45, 2.75) is 30.6 Å². The zero-order valence-corrected chi connectivity index (χ0v) is 9.51. The van der Waals surface area contributed by atoms with Crippen LogP contribution >= 0.6 is 0 Å². The van der Waals surface area contributed by atoms with Crippen LogP contribution in [-0.4, -0.2) is 68.8 Å². The molecule has 1 unspecified atom stereocenters. The SMILES string of the molecule is OC[C@H]1OC(N=S2C=NN=C2)[C@H](O)[C@@H](O)[C@@H]1O. The minimum atomic E-state index is -1.41. The lowest BCUT2D eigenvalue weighted by molar-refractivity contribution is -0.226. The molecule has 0 saturated carbocycles. The van der Waals surface area contributed by atoms with Crippen molar-refractivity contribution in [3.63, 3.8) is 0 Å². The first-order valence-corrected chi connectivity index (χ1v) is 6.24. The smallest absolute Gasteiger partial charge is 0.184 e. The number of aliphatic hydroxyl groups is 4. The van der Waals surface area contributed by atoms with Gasteiger partial charge in [-0.05, 0) is 10.7 Å². The Bertz CT molecular complexity index is 358. The standard InChI is InChI=1S/C8H13N3O5S/c12-1-4-5(13)6(14)7(15)8(16-4)11-17-2-9-10-3-17/h2-8,12-15H,1H2/t4-,5-,6+,7-,8?/m1/s1. The minimum absolute atomic E-state index is 0.465. The molecule has 0 spiro atoms. The largest absolute Gasteiger partial charge is 0.394 e. The molecule has 2 heterocycles. The molecule has 2 rings (SSSR count). The summed E-state index contributed by atoms with van der Waals surface area (Å²) in [5.74, 6) is 0. The molecule has 0 aromatic carbocycles. The molecule has 96 valence electrons. The summed E-state index contributed by atoms with van der Waals surface area (Å²) in [6.07, 6.45) is -6.08. The third-order valence-corrected chi connectivity index (χ3v) is 3.54. The average molecular weight is 263 g/mol. The molecule has 0 radical (unpaired) electrons. The van der Waals surface area contributed by atoms with Crippen LogP contribution in [0.4, 0.5) is 0 Å². The number of nitrogens with zero attached hydrogens (tertiary/aromatic N) is 3. The average Bonchev–Trinajstić information content (AvgIpc) is 2.83. The van der Waals surface area contributed by atoms with Gasteiger partial charge in [-0.1, -0.05) is 0 Å². The fourth-order valence-electron chi connectivity index (χ4n) is 1.52. The quantitative estimate of drug-likeness (QED) is 0.440. The molecule has 2 aliphatic heterocycles. The Balaban J connectivity index is 2.14. The third-order valence-electron chi connectivity index (χ3n) is 2.47. The Morgan fingerprint density at radius 3 is 2.35 bits per heavy atom. The minimum Gasteiger partial charge on any atom is -0.394 e. The Hall–Kier alpha value is -0.710. The van der Waals surface area contributed by atoms with Gasteiger partial charge in [0.2, 0.25) is 0 Å². The van der Waals surface area contributed by atoms with Crippen LogP contribution in [0.15, 0.2) is 14.6 Å². The van der Waals surface area contributed by atoms with Crippen LogP contribution in [0, 0.1) is 0 Å². The highest BCUT2D eigenvalue weighted by atomic mass is 32.2. The second kappa shape index (κ2) is 5.29. The van der Waals surface area contributed by atoms with E-state index in [0.29, 0.717) is 0 Å². The third kappa shape index (κ3) is 2.59. The van der Waals surface area contributed by atoms with Crippen LogP contribution in [0.3, 0.4) is 0 Å². The van der Waals surface area contributed by atoms with Crippen LogP contribution in [0.25, 0.3) is 0 Å². The molecule has 17 heavy (non-hydrogen) atoms. The highest BCUT2D eigenvalue weighted by Gasteiger charge is 2.43.